The lowest BCUT2D eigenvalue weighted by Crippen LogP contribution is -2.56. The Hall–Kier alpha value is -2.38. The van der Waals surface area contributed by atoms with Gasteiger partial charge in [-0.3, -0.25) is 19.4 Å². The van der Waals surface area contributed by atoms with Gasteiger partial charge in [0.05, 0.1) is 53.5 Å². The van der Waals surface area contributed by atoms with E-state index in [-0.39, 0.29) is 37.5 Å². The number of aromatic amines is 1. The maximum Gasteiger partial charge on any atom is 0.157 e. The van der Waals surface area contributed by atoms with Crippen molar-refractivity contribution in [3.63, 3.8) is 0 Å². The average Bonchev–Trinajstić information content (AvgIpc) is 4.16. The molecule has 12 rings (SSSR count). The van der Waals surface area contributed by atoms with Gasteiger partial charge in [-0.25, -0.2) is 0 Å². The molecule has 4 aromatic rings. The Balaban J connectivity index is 0.000000168. The van der Waals surface area contributed by atoms with E-state index in [0.29, 0.717) is 76.2 Å². The van der Waals surface area contributed by atoms with Gasteiger partial charge in [0.15, 0.2) is 5.78 Å². The second-order valence-electron chi connectivity index (χ2n) is 26.1. The normalized spacial score (nSPS) is 40.3. The van der Waals surface area contributed by atoms with Gasteiger partial charge in [-0.1, -0.05) is 81.7 Å². The molecular weight excluding hydrogens is 1050 g/mol. The first kappa shape index (κ1) is 58.8. The summed E-state index contributed by atoms with van der Waals surface area (Å²) in [5.74, 6) is 6.74. The van der Waals surface area contributed by atoms with E-state index in [9.17, 15) is 19.8 Å². The summed E-state index contributed by atoms with van der Waals surface area (Å²) in [6.07, 6.45) is 23.9. The van der Waals surface area contributed by atoms with Crippen LogP contribution in [0.15, 0.2) is 48.8 Å². The van der Waals surface area contributed by atoms with Crippen LogP contribution in [-0.2, 0) is 25.6 Å². The Labute approximate surface area is 467 Å². The number of fused-ring (bicyclic) bond motifs is 12. The minimum absolute atomic E-state index is 0. The number of ketones is 2. The van der Waals surface area contributed by atoms with Crippen molar-refractivity contribution in [3.8, 4) is 0 Å². The van der Waals surface area contributed by atoms with E-state index in [2.05, 4.69) is 58.9 Å². The summed E-state index contributed by atoms with van der Waals surface area (Å²) in [4.78, 5) is 26.2. The lowest BCUT2D eigenvalue weighted by molar-refractivity contribution is -0.164. The highest BCUT2D eigenvalue weighted by molar-refractivity contribution is 9.09. The third-order valence-electron chi connectivity index (χ3n) is 22.6. The van der Waals surface area contributed by atoms with E-state index in [1.54, 1.807) is 20.4 Å². The van der Waals surface area contributed by atoms with Crippen LogP contribution in [0.25, 0.3) is 21.8 Å². The van der Waals surface area contributed by atoms with Crippen molar-refractivity contribution >= 4 is 72.5 Å². The van der Waals surface area contributed by atoms with E-state index in [1.807, 2.05) is 47.3 Å². The van der Waals surface area contributed by atoms with Gasteiger partial charge in [0, 0.05) is 53.1 Å². The van der Waals surface area contributed by atoms with E-state index in [4.69, 9.17) is 32.7 Å². The zero-order valence-corrected chi connectivity index (χ0v) is 47.5. The number of aromatic nitrogens is 4. The van der Waals surface area contributed by atoms with Crippen molar-refractivity contribution in [2.24, 2.45) is 80.8 Å². The Morgan fingerprint density at radius 2 is 1.15 bits per heavy atom. The van der Waals surface area contributed by atoms with Gasteiger partial charge in [-0.05, 0) is 221 Å². The average molecular weight is 1140 g/mol. The molecule has 2 heterocycles. The molecule has 416 valence electrons. The second kappa shape index (κ2) is 22.6. The Kier molecular flexibility index (Phi) is 17.7. The fourth-order valence-corrected chi connectivity index (χ4v) is 19.6. The minimum Gasteiger partial charge on any atom is -0.387 e. The van der Waals surface area contributed by atoms with E-state index >= 15 is 0 Å². The number of hydrogen-bond donors (Lipinski definition) is 3. The Morgan fingerprint density at radius 3 is 1.67 bits per heavy atom. The van der Waals surface area contributed by atoms with Crippen molar-refractivity contribution in [3.05, 3.63) is 58.8 Å². The highest BCUT2D eigenvalue weighted by atomic mass is 79.9. The number of ether oxygens (including phenoxy) is 2. The predicted molar refractivity (Wildman–Crippen MR) is 307 cm³/mol. The van der Waals surface area contributed by atoms with Crippen LogP contribution in [0.5, 0.6) is 0 Å². The molecule has 0 radical (unpaired) electrons. The zero-order valence-electron chi connectivity index (χ0n) is 44.5. The van der Waals surface area contributed by atoms with Crippen molar-refractivity contribution < 1.29 is 29.3 Å². The Morgan fingerprint density at radius 1 is 0.653 bits per heavy atom. The summed E-state index contributed by atoms with van der Waals surface area (Å²) in [5, 5.41) is 37.4. The smallest absolute Gasteiger partial charge is 0.157 e. The lowest BCUT2D eigenvalue weighted by atomic mass is 9.44. The highest BCUT2D eigenvalue weighted by Gasteiger charge is 2.64. The summed E-state index contributed by atoms with van der Waals surface area (Å²) >= 11 is 15.3. The molecule has 0 aliphatic heterocycles. The fraction of sp³-hybridized carbons (Fsp3) is 0.742. The van der Waals surface area contributed by atoms with Crippen LogP contribution in [-0.4, -0.2) is 85.7 Å². The van der Waals surface area contributed by atoms with Gasteiger partial charge >= 0.3 is 0 Å². The topological polar surface area (TPSA) is 140 Å². The van der Waals surface area contributed by atoms with Crippen molar-refractivity contribution in [1.82, 2.24) is 20.0 Å². The van der Waals surface area contributed by atoms with Crippen LogP contribution in [0.3, 0.4) is 0 Å². The maximum atomic E-state index is 13.7. The number of carbonyl (C=O) groups is 2. The number of hydrogen-bond acceptors (Lipinski definition) is 8. The summed E-state index contributed by atoms with van der Waals surface area (Å²) in [5.41, 5.74) is 1.56. The summed E-state index contributed by atoms with van der Waals surface area (Å²) in [6.45, 7) is 11.2. The summed E-state index contributed by atoms with van der Waals surface area (Å²) in [7, 11) is 3.40. The first-order valence-corrected chi connectivity index (χ1v) is 29.9. The predicted octanol–water partition coefficient (Wildman–Crippen LogP) is 14.8. The molecule has 16 atom stereocenters. The van der Waals surface area contributed by atoms with Crippen LogP contribution < -0.4 is 0 Å². The molecule has 8 aliphatic carbocycles. The van der Waals surface area contributed by atoms with E-state index in [0.717, 1.165) is 108 Å². The van der Waals surface area contributed by atoms with Crippen molar-refractivity contribution in [2.75, 3.05) is 32.8 Å². The summed E-state index contributed by atoms with van der Waals surface area (Å²) in [6, 6.07) is 11.3. The second-order valence-corrected chi connectivity index (χ2v) is 27.5. The van der Waals surface area contributed by atoms with E-state index in [1.165, 1.54) is 57.8 Å². The first-order valence-electron chi connectivity index (χ1n) is 28.0. The molecule has 0 bridgehead atoms. The SMILES string of the molecule is C.C.COC[C@@]1(O)CC[C@@]2(C)[C@@H](CC[C@@H]3[C@@H]2CC[C@]2(C)[C@@H](C(=O)CBr)CC[C@@H]32)C1.COC[C@@]1(O)CC[C@@]2(C)[C@@H](CC[C@@H]3[C@@H]2CC[C@]2(C)[C@@H](C(=O)Cn4cc5ccc(Cl)cc5n4)CC[C@@H]32)C1.Clc1ccc2cn[nH]c2c1. The molecule has 3 N–H and O–H groups in total. The lowest BCUT2D eigenvalue weighted by Gasteiger charge is -2.62. The number of H-pyrrole nitrogens is 1. The number of nitrogens with zero attached hydrogens (tertiary/aromatic N) is 3. The number of carbonyl (C=O) groups excluding carboxylic acids is 2. The van der Waals surface area contributed by atoms with Gasteiger partial charge in [0.1, 0.15) is 5.78 Å². The molecule has 2 aromatic heterocycles. The number of Topliss-reactive ketones (excluding diaryl/α,β-unsaturated/α-hetero) is 2. The molecule has 8 saturated carbocycles. The third kappa shape index (κ3) is 10.8. The highest BCUT2D eigenvalue weighted by Crippen LogP contribution is 2.70. The van der Waals surface area contributed by atoms with Crippen LogP contribution in [0.4, 0.5) is 0 Å². The quantitative estimate of drug-likeness (QED) is 0.141. The first-order chi connectivity index (χ1) is 34.8. The van der Waals surface area contributed by atoms with Gasteiger partial charge in [-0.15, -0.1) is 0 Å². The monoisotopic (exact) mass is 1140 g/mol. The van der Waals surface area contributed by atoms with Crippen molar-refractivity contribution in [1.29, 1.82) is 0 Å². The number of methoxy groups -OCH3 is 2. The standard InChI is InChI=1S/C30H41ClN2O3.C23H37BrO3.C7H5ClN2.2CH4/c1-28-12-13-30(35,18-36-3)15-20(28)5-7-22-23-8-9-25(29(23,2)11-10-24(22)28)27(34)17-33-16-19-4-6-21(31)14-26(19)32-33;1-21-10-11-23(26,14-27-3)12-15(21)4-5-16-17-6-7-19(20(25)13-24)22(17,2)9-8-18(16)21;8-6-2-1-5-4-9-10-7(5)3-6;;/h4,6,14,16,20,22-25,35H,5,7-13,15,17-18H2,1-3H3;15-19,26H,4-14H2,1-3H3;1-4H,(H,9,10);2*1H4/t20-,22-,23-,24-,25+,28-,29-,30+;15-,16-,17-,18-,19+,21-,22-,23+;;;/m00.../s1. The molecule has 0 spiro atoms. The zero-order chi connectivity index (χ0) is 51.7. The molecule has 2 aromatic carbocycles. The molecule has 0 saturated heterocycles. The van der Waals surface area contributed by atoms with Crippen LogP contribution in [0.1, 0.15) is 158 Å². The van der Waals surface area contributed by atoms with Gasteiger partial charge in [0.25, 0.3) is 0 Å². The third-order valence-corrected chi connectivity index (χ3v) is 23.6. The van der Waals surface area contributed by atoms with Gasteiger partial charge in [0.2, 0.25) is 0 Å². The Bertz CT molecular complexity index is 2640. The number of nitrogens with one attached hydrogen (secondary N) is 1. The fourth-order valence-electron chi connectivity index (χ4n) is 18.9. The van der Waals surface area contributed by atoms with Gasteiger partial charge in [-0.2, -0.15) is 10.2 Å². The summed E-state index contributed by atoms with van der Waals surface area (Å²) < 4.78 is 12.5. The number of alkyl halides is 1. The molecule has 0 unspecified atom stereocenters. The van der Waals surface area contributed by atoms with Crippen molar-refractivity contribution in [2.45, 2.75) is 176 Å². The molecule has 75 heavy (non-hydrogen) atoms. The molecular formula is C62H91BrCl2N4O6. The number of halogens is 3. The molecule has 8 fully saturated rings. The van der Waals surface area contributed by atoms with E-state index < -0.39 is 11.2 Å². The van der Waals surface area contributed by atoms with Gasteiger partial charge < -0.3 is 19.7 Å². The van der Waals surface area contributed by atoms with Crippen LogP contribution in [0.2, 0.25) is 10.0 Å². The number of rotatable bonds is 9. The largest absolute Gasteiger partial charge is 0.387 e. The molecule has 10 nitrogen and oxygen atoms in total. The maximum absolute atomic E-state index is 13.7. The molecule has 0 amide bonds. The molecule has 13 heteroatoms. The molecule has 8 aliphatic rings. The number of aliphatic hydroxyl groups is 2. The van der Waals surface area contributed by atoms with Crippen LogP contribution >= 0.6 is 39.1 Å². The number of benzene rings is 2. The van der Waals surface area contributed by atoms with Crippen LogP contribution in [0, 0.1) is 80.8 Å². The minimum atomic E-state index is -0.650.